The molecule has 1 amide bonds. The number of nitrogens with zero attached hydrogens (tertiary/aromatic N) is 2. The molecule has 0 unspecified atom stereocenters. The first-order valence-electron chi connectivity index (χ1n) is 6.67. The van der Waals surface area contributed by atoms with Crippen LogP contribution in [0.5, 0.6) is 0 Å². The van der Waals surface area contributed by atoms with Crippen molar-refractivity contribution >= 4 is 34.0 Å². The second-order valence-electron chi connectivity index (χ2n) is 4.75. The Bertz CT molecular complexity index is 599. The van der Waals surface area contributed by atoms with Gasteiger partial charge in [-0.25, -0.2) is 0 Å². The van der Waals surface area contributed by atoms with E-state index in [2.05, 4.69) is 15.5 Å². The largest absolute Gasteiger partial charge is 0.374 e. The SMILES string of the molecule is C[C@H](NC(=O)CCCc1ccc(Cl)cc1)c1nnc(N)s1. The summed E-state index contributed by atoms with van der Waals surface area (Å²) in [5.74, 6) is 0.00485. The van der Waals surface area contributed by atoms with Crippen molar-refractivity contribution < 1.29 is 4.79 Å². The van der Waals surface area contributed by atoms with Crippen LogP contribution in [0.1, 0.15) is 36.4 Å². The molecule has 5 nitrogen and oxygen atoms in total. The maximum atomic E-state index is 11.9. The van der Waals surface area contributed by atoms with E-state index in [0.717, 1.165) is 22.9 Å². The van der Waals surface area contributed by atoms with Crippen molar-refractivity contribution in [1.29, 1.82) is 0 Å². The molecule has 0 saturated carbocycles. The molecule has 2 rings (SSSR count). The Balaban J connectivity index is 1.73. The number of aromatic nitrogens is 2. The van der Waals surface area contributed by atoms with Gasteiger partial charge < -0.3 is 11.1 Å². The number of carbonyl (C=O) groups is 1. The topological polar surface area (TPSA) is 80.9 Å². The number of aryl methyl sites for hydroxylation is 1. The lowest BCUT2D eigenvalue weighted by Crippen LogP contribution is -2.26. The highest BCUT2D eigenvalue weighted by Crippen LogP contribution is 2.19. The van der Waals surface area contributed by atoms with Crippen molar-refractivity contribution in [3.8, 4) is 0 Å². The molecule has 3 N–H and O–H groups in total. The Kier molecular flexibility index (Phi) is 5.52. The number of nitrogens with two attached hydrogens (primary N) is 1. The van der Waals surface area contributed by atoms with Crippen LogP contribution in [0.25, 0.3) is 0 Å². The standard InChI is InChI=1S/C14H17ClN4OS/c1-9(13-18-19-14(16)21-13)17-12(20)4-2-3-10-5-7-11(15)8-6-10/h5-9H,2-4H2,1H3,(H2,16,19)(H,17,20)/t9-/m0/s1. The summed E-state index contributed by atoms with van der Waals surface area (Å²) < 4.78 is 0. The molecule has 0 aliphatic carbocycles. The normalized spacial score (nSPS) is 12.1. The van der Waals surface area contributed by atoms with Gasteiger partial charge in [0.25, 0.3) is 0 Å². The summed E-state index contributed by atoms with van der Waals surface area (Å²) in [6, 6.07) is 7.51. The van der Waals surface area contributed by atoms with E-state index in [9.17, 15) is 4.79 Å². The number of hydrogen-bond donors (Lipinski definition) is 2. The van der Waals surface area contributed by atoms with E-state index in [1.165, 1.54) is 16.9 Å². The number of benzene rings is 1. The Morgan fingerprint density at radius 1 is 1.38 bits per heavy atom. The maximum absolute atomic E-state index is 11.9. The van der Waals surface area contributed by atoms with E-state index in [4.69, 9.17) is 17.3 Å². The molecule has 1 heterocycles. The molecule has 0 fully saturated rings. The lowest BCUT2D eigenvalue weighted by Gasteiger charge is -2.10. The molecule has 1 aromatic carbocycles. The Morgan fingerprint density at radius 2 is 2.10 bits per heavy atom. The average Bonchev–Trinajstić information content (AvgIpc) is 2.88. The van der Waals surface area contributed by atoms with Crippen LogP contribution < -0.4 is 11.1 Å². The van der Waals surface area contributed by atoms with E-state index in [1.54, 1.807) is 0 Å². The first-order valence-corrected chi connectivity index (χ1v) is 7.86. The summed E-state index contributed by atoms with van der Waals surface area (Å²) >= 11 is 7.12. The molecule has 7 heteroatoms. The van der Waals surface area contributed by atoms with Gasteiger partial charge >= 0.3 is 0 Å². The second kappa shape index (κ2) is 7.38. The molecule has 21 heavy (non-hydrogen) atoms. The van der Waals surface area contributed by atoms with Crippen LogP contribution in [0.3, 0.4) is 0 Å². The lowest BCUT2D eigenvalue weighted by molar-refractivity contribution is -0.121. The minimum absolute atomic E-state index is 0.00485. The van der Waals surface area contributed by atoms with Crippen molar-refractivity contribution in [2.45, 2.75) is 32.2 Å². The Morgan fingerprint density at radius 3 is 2.71 bits per heavy atom. The summed E-state index contributed by atoms with van der Waals surface area (Å²) in [6.07, 6.45) is 2.12. The predicted molar refractivity (Wildman–Crippen MR) is 85.3 cm³/mol. The summed E-state index contributed by atoms with van der Waals surface area (Å²) in [5, 5.41) is 12.4. The zero-order valence-electron chi connectivity index (χ0n) is 11.7. The van der Waals surface area contributed by atoms with Crippen LogP contribution in [0.2, 0.25) is 5.02 Å². The van der Waals surface area contributed by atoms with Crippen LogP contribution in [0.15, 0.2) is 24.3 Å². The highest BCUT2D eigenvalue weighted by atomic mass is 35.5. The van der Waals surface area contributed by atoms with Crippen LogP contribution in [0.4, 0.5) is 5.13 Å². The van der Waals surface area contributed by atoms with Crippen LogP contribution in [-0.2, 0) is 11.2 Å². The van der Waals surface area contributed by atoms with Gasteiger partial charge in [0.1, 0.15) is 5.01 Å². The van der Waals surface area contributed by atoms with Gasteiger partial charge in [-0.1, -0.05) is 35.1 Å². The number of anilines is 1. The van der Waals surface area contributed by atoms with E-state index in [1.807, 2.05) is 31.2 Å². The zero-order chi connectivity index (χ0) is 15.2. The van der Waals surface area contributed by atoms with Crippen LogP contribution in [-0.4, -0.2) is 16.1 Å². The van der Waals surface area contributed by atoms with Crippen molar-refractivity contribution in [2.24, 2.45) is 0 Å². The number of nitrogens with one attached hydrogen (secondary N) is 1. The van der Waals surface area contributed by atoms with Gasteiger partial charge in [-0.15, -0.1) is 10.2 Å². The molecule has 1 aromatic heterocycles. The third-order valence-corrected chi connectivity index (χ3v) is 4.17. The summed E-state index contributed by atoms with van der Waals surface area (Å²) in [7, 11) is 0. The van der Waals surface area contributed by atoms with Gasteiger partial charge in [0.15, 0.2) is 0 Å². The number of carbonyl (C=O) groups excluding carboxylic acids is 1. The fourth-order valence-electron chi connectivity index (χ4n) is 1.90. The molecule has 2 aromatic rings. The van der Waals surface area contributed by atoms with Crippen molar-refractivity contribution in [1.82, 2.24) is 15.5 Å². The van der Waals surface area contributed by atoms with Crippen LogP contribution in [0, 0.1) is 0 Å². The molecule has 1 atom stereocenters. The minimum atomic E-state index is -0.164. The fraction of sp³-hybridized carbons (Fsp3) is 0.357. The van der Waals surface area contributed by atoms with Gasteiger partial charge in [0.2, 0.25) is 11.0 Å². The van der Waals surface area contributed by atoms with Gasteiger partial charge in [-0.3, -0.25) is 4.79 Å². The molecule has 0 spiro atoms. The molecular weight excluding hydrogens is 308 g/mol. The Hall–Kier alpha value is -1.66. The molecular formula is C14H17ClN4OS. The molecule has 0 aliphatic heterocycles. The molecule has 0 saturated heterocycles. The number of halogens is 1. The predicted octanol–water partition coefficient (Wildman–Crippen LogP) is 2.97. The van der Waals surface area contributed by atoms with E-state index >= 15 is 0 Å². The van der Waals surface area contributed by atoms with Gasteiger partial charge in [-0.2, -0.15) is 0 Å². The first-order chi connectivity index (χ1) is 10.0. The number of hydrogen-bond acceptors (Lipinski definition) is 5. The second-order valence-corrected chi connectivity index (χ2v) is 6.22. The third-order valence-electron chi connectivity index (χ3n) is 2.99. The number of rotatable bonds is 6. The maximum Gasteiger partial charge on any atom is 0.220 e. The minimum Gasteiger partial charge on any atom is -0.374 e. The van der Waals surface area contributed by atoms with Gasteiger partial charge in [-0.05, 0) is 37.5 Å². The summed E-state index contributed by atoms with van der Waals surface area (Å²) in [4.78, 5) is 11.9. The number of nitrogen functional groups attached to an aromatic ring is 1. The molecule has 0 aliphatic rings. The first kappa shape index (κ1) is 15.7. The lowest BCUT2D eigenvalue weighted by atomic mass is 10.1. The highest BCUT2D eigenvalue weighted by Gasteiger charge is 2.13. The molecule has 112 valence electrons. The zero-order valence-corrected chi connectivity index (χ0v) is 13.2. The molecule has 0 radical (unpaired) electrons. The molecule has 0 bridgehead atoms. The third kappa shape index (κ3) is 4.99. The van der Waals surface area contributed by atoms with Crippen molar-refractivity contribution in [3.05, 3.63) is 39.9 Å². The Labute approximate surface area is 132 Å². The van der Waals surface area contributed by atoms with Crippen LogP contribution >= 0.6 is 22.9 Å². The summed E-state index contributed by atoms with van der Waals surface area (Å²) in [5.41, 5.74) is 6.70. The number of amides is 1. The van der Waals surface area contributed by atoms with Crippen molar-refractivity contribution in [3.63, 3.8) is 0 Å². The van der Waals surface area contributed by atoms with Gasteiger partial charge in [0.05, 0.1) is 6.04 Å². The van der Waals surface area contributed by atoms with E-state index in [-0.39, 0.29) is 11.9 Å². The van der Waals surface area contributed by atoms with Crippen molar-refractivity contribution in [2.75, 3.05) is 5.73 Å². The quantitative estimate of drug-likeness (QED) is 0.856. The van der Waals surface area contributed by atoms with Gasteiger partial charge in [0, 0.05) is 11.4 Å². The summed E-state index contributed by atoms with van der Waals surface area (Å²) in [6.45, 7) is 1.87. The fourth-order valence-corrected chi connectivity index (χ4v) is 2.64. The highest BCUT2D eigenvalue weighted by molar-refractivity contribution is 7.15. The monoisotopic (exact) mass is 324 g/mol. The van der Waals surface area contributed by atoms with E-state index < -0.39 is 0 Å². The van der Waals surface area contributed by atoms with E-state index in [0.29, 0.717) is 11.6 Å². The average molecular weight is 325 g/mol. The smallest absolute Gasteiger partial charge is 0.220 e.